The van der Waals surface area contributed by atoms with E-state index in [1.807, 2.05) is 0 Å². The van der Waals surface area contributed by atoms with E-state index in [1.54, 1.807) is 0 Å². The first-order valence-electron chi connectivity index (χ1n) is 6.87. The van der Waals surface area contributed by atoms with E-state index in [4.69, 9.17) is 10.5 Å². The normalized spacial score (nSPS) is 26.0. The number of aliphatic carboxylic acids is 1. The van der Waals surface area contributed by atoms with Crippen LogP contribution in [0.1, 0.15) is 5.01 Å². The molecule has 2 atom stereocenters. The summed E-state index contributed by atoms with van der Waals surface area (Å²) in [7, 11) is 1.26. The number of rotatable bonds is 5. The third-order valence-electron chi connectivity index (χ3n) is 3.70. The number of fused-ring (bicyclic) bond motifs is 1. The lowest BCUT2D eigenvalue weighted by Crippen LogP contribution is -2.78. The first kappa shape index (κ1) is 19.4. The average molecular weight is 428 g/mol. The third kappa shape index (κ3) is 3.09. The molecule has 26 heavy (non-hydrogen) atoms. The molecule has 1 saturated heterocycles. The molecule has 1 fully saturated rings. The van der Waals surface area contributed by atoms with Crippen LogP contribution in [0.3, 0.4) is 0 Å². The molecule has 3 heterocycles. The van der Waals surface area contributed by atoms with E-state index in [1.165, 1.54) is 18.9 Å². The van der Waals surface area contributed by atoms with Gasteiger partial charge in [0.05, 0.1) is 0 Å². The smallest absolute Gasteiger partial charge is 0.445 e. The van der Waals surface area contributed by atoms with Crippen LogP contribution in [-0.4, -0.2) is 61.8 Å². The van der Waals surface area contributed by atoms with Gasteiger partial charge in [0.15, 0.2) is 4.34 Å². The lowest BCUT2D eigenvalue weighted by Gasteiger charge is -2.54. The Morgan fingerprint density at radius 1 is 1.54 bits per heavy atom. The van der Waals surface area contributed by atoms with Crippen LogP contribution in [0.25, 0.3) is 0 Å². The fraction of sp³-hybridized carbons (Fsp3) is 0.500. The van der Waals surface area contributed by atoms with Crippen LogP contribution >= 0.6 is 34.9 Å². The van der Waals surface area contributed by atoms with Crippen LogP contribution in [0.2, 0.25) is 0 Å². The Balaban J connectivity index is 1.79. The van der Waals surface area contributed by atoms with Crippen LogP contribution in [-0.2, 0) is 20.5 Å². The summed E-state index contributed by atoms with van der Waals surface area (Å²) < 4.78 is 42.7. The number of hydrogen-bond donors (Lipinski definition) is 2. The van der Waals surface area contributed by atoms with Crippen molar-refractivity contribution in [3.05, 3.63) is 16.3 Å². The molecule has 0 unspecified atom stereocenters. The van der Waals surface area contributed by atoms with Gasteiger partial charge in [0, 0.05) is 18.6 Å². The van der Waals surface area contributed by atoms with Gasteiger partial charge in [-0.25, -0.2) is 4.79 Å². The molecule has 14 heteroatoms. The molecule has 1 aromatic rings. The second-order valence-corrected chi connectivity index (χ2v) is 8.52. The van der Waals surface area contributed by atoms with E-state index in [0.29, 0.717) is 16.9 Å². The van der Waals surface area contributed by atoms with Crippen LogP contribution in [0.15, 0.2) is 15.6 Å². The maximum absolute atomic E-state index is 12.6. The van der Waals surface area contributed by atoms with Crippen molar-refractivity contribution >= 4 is 46.7 Å². The Bertz CT molecular complexity index is 799. The Labute approximate surface area is 157 Å². The van der Waals surface area contributed by atoms with Crippen molar-refractivity contribution < 1.29 is 32.6 Å². The van der Waals surface area contributed by atoms with Crippen molar-refractivity contribution in [3.8, 4) is 0 Å². The zero-order valence-electron chi connectivity index (χ0n) is 12.9. The molecule has 0 spiro atoms. The number of carbonyl (C=O) groups is 2. The zero-order chi connectivity index (χ0) is 19.3. The molecule has 8 nitrogen and oxygen atoms in total. The molecule has 0 aromatic carbocycles. The number of nitrogens with two attached hydrogens (primary N) is 1. The summed E-state index contributed by atoms with van der Waals surface area (Å²) in [5, 5.41) is 14.3. The summed E-state index contributed by atoms with van der Waals surface area (Å²) in [5.74, 6) is -1.68. The molecule has 0 bridgehead atoms. The highest BCUT2D eigenvalue weighted by atomic mass is 32.2. The molecule has 2 aliphatic rings. The van der Waals surface area contributed by atoms with E-state index >= 15 is 0 Å². The molecular weight excluding hydrogens is 417 g/mol. The average Bonchev–Trinajstić information content (AvgIpc) is 3.07. The van der Waals surface area contributed by atoms with Crippen LogP contribution in [0, 0.1) is 0 Å². The Kier molecular flexibility index (Phi) is 4.98. The maximum Gasteiger partial charge on any atom is 0.445 e. The SMILES string of the molecule is CO[C@@]1(N)C(=O)N2C(C(=O)O)=C(CSc3nnc(C(F)(F)F)s3)CS[C@H]21. The minimum atomic E-state index is -4.58. The van der Waals surface area contributed by atoms with Gasteiger partial charge in [-0.2, -0.15) is 13.2 Å². The highest BCUT2D eigenvalue weighted by Gasteiger charge is 2.63. The highest BCUT2D eigenvalue weighted by molar-refractivity contribution is 8.01. The largest absolute Gasteiger partial charge is 0.477 e. The number of hydrogen-bond acceptors (Lipinski definition) is 9. The predicted octanol–water partition coefficient (Wildman–Crippen LogP) is 1.20. The molecule has 0 radical (unpaired) electrons. The van der Waals surface area contributed by atoms with Gasteiger partial charge >= 0.3 is 12.1 Å². The van der Waals surface area contributed by atoms with Crippen molar-refractivity contribution in [2.45, 2.75) is 21.6 Å². The Morgan fingerprint density at radius 2 is 2.23 bits per heavy atom. The molecule has 1 aromatic heterocycles. The summed E-state index contributed by atoms with van der Waals surface area (Å²) in [4.78, 5) is 24.9. The minimum absolute atomic E-state index is 0.0571. The van der Waals surface area contributed by atoms with Crippen molar-refractivity contribution in [2.24, 2.45) is 5.73 Å². The summed E-state index contributed by atoms with van der Waals surface area (Å²) in [5.41, 5.74) is 4.43. The lowest BCUT2D eigenvalue weighted by atomic mass is 10.00. The first-order valence-corrected chi connectivity index (χ1v) is 9.72. The zero-order valence-corrected chi connectivity index (χ0v) is 15.4. The number of β-lactam (4-membered cyclic amide) rings is 1. The molecule has 142 valence electrons. The number of aromatic nitrogens is 2. The third-order valence-corrected chi connectivity index (χ3v) is 7.28. The lowest BCUT2D eigenvalue weighted by molar-refractivity contribution is -0.182. The molecule has 1 amide bonds. The Hall–Kier alpha value is -1.35. The van der Waals surface area contributed by atoms with Crippen LogP contribution in [0.4, 0.5) is 13.2 Å². The second-order valence-electron chi connectivity index (χ2n) is 5.25. The van der Waals surface area contributed by atoms with Crippen LogP contribution in [0.5, 0.6) is 0 Å². The number of methoxy groups -OCH3 is 1. The molecule has 3 rings (SSSR count). The summed E-state index contributed by atoms with van der Waals surface area (Å²) >= 11 is 2.53. The van der Waals surface area contributed by atoms with E-state index in [-0.39, 0.29) is 21.5 Å². The quantitative estimate of drug-likeness (QED) is 0.405. The monoisotopic (exact) mass is 428 g/mol. The van der Waals surface area contributed by atoms with Crippen molar-refractivity contribution in [3.63, 3.8) is 0 Å². The van der Waals surface area contributed by atoms with Gasteiger partial charge in [-0.1, -0.05) is 23.1 Å². The number of carboxylic acids is 1. The molecule has 3 N–H and O–H groups in total. The van der Waals surface area contributed by atoms with E-state index in [0.717, 1.165) is 16.7 Å². The van der Waals surface area contributed by atoms with Gasteiger partial charge in [-0.3, -0.25) is 15.4 Å². The summed E-state index contributed by atoms with van der Waals surface area (Å²) in [6, 6.07) is 0. The van der Waals surface area contributed by atoms with E-state index < -0.39 is 34.2 Å². The molecule has 2 aliphatic heterocycles. The van der Waals surface area contributed by atoms with Crippen molar-refractivity contribution in [1.82, 2.24) is 15.1 Å². The Morgan fingerprint density at radius 3 is 2.77 bits per heavy atom. The van der Waals surface area contributed by atoms with Crippen LogP contribution < -0.4 is 5.73 Å². The van der Waals surface area contributed by atoms with Gasteiger partial charge in [0.2, 0.25) is 10.7 Å². The minimum Gasteiger partial charge on any atom is -0.477 e. The number of halogens is 3. The number of amides is 1. The van der Waals surface area contributed by atoms with E-state index in [9.17, 15) is 27.9 Å². The van der Waals surface area contributed by atoms with Gasteiger partial charge in [0.1, 0.15) is 11.1 Å². The molecular formula is C12H11F3N4O4S3. The number of carbonyl (C=O) groups excluding carboxylic acids is 1. The first-order chi connectivity index (χ1) is 12.1. The number of carboxylic acid groups (broad SMARTS) is 1. The topological polar surface area (TPSA) is 119 Å². The molecule has 0 saturated carbocycles. The number of ether oxygens (including phenoxy) is 1. The molecule has 0 aliphatic carbocycles. The number of thioether (sulfide) groups is 2. The maximum atomic E-state index is 12.6. The number of alkyl halides is 3. The fourth-order valence-corrected chi connectivity index (χ4v) is 5.70. The van der Waals surface area contributed by atoms with Gasteiger partial charge in [0.25, 0.3) is 5.91 Å². The summed E-state index contributed by atoms with van der Waals surface area (Å²) in [6.07, 6.45) is -4.58. The summed E-state index contributed by atoms with van der Waals surface area (Å²) in [6.45, 7) is 0. The number of nitrogens with zero attached hydrogens (tertiary/aromatic N) is 3. The second kappa shape index (κ2) is 6.67. The standard InChI is InChI=1S/C12H11F3N4O4S3/c1-23-11(16)8(22)19-5(6(20)21)4(2-24-9(11)19)3-25-10-18-17-7(26-10)12(13,14)15/h9H,2-3,16H2,1H3,(H,20,21)/t9-,11-/m0/s1. The fourth-order valence-electron chi connectivity index (χ4n) is 2.45. The van der Waals surface area contributed by atoms with Gasteiger partial charge < -0.3 is 9.84 Å². The highest BCUT2D eigenvalue weighted by Crippen LogP contribution is 2.46. The van der Waals surface area contributed by atoms with Crippen molar-refractivity contribution in [2.75, 3.05) is 18.6 Å². The van der Waals surface area contributed by atoms with E-state index in [2.05, 4.69) is 10.2 Å². The van der Waals surface area contributed by atoms with Crippen molar-refractivity contribution in [1.29, 1.82) is 0 Å². The van der Waals surface area contributed by atoms with Gasteiger partial charge in [-0.15, -0.1) is 22.0 Å². The van der Waals surface area contributed by atoms with Gasteiger partial charge in [-0.05, 0) is 5.57 Å². The predicted molar refractivity (Wildman–Crippen MR) is 87.3 cm³/mol.